The largest absolute Gasteiger partial charge is 0.373 e. The number of hydrogen-bond donors (Lipinski definition) is 2. The molecule has 2 aromatic rings. The summed E-state index contributed by atoms with van der Waals surface area (Å²) >= 11 is 3.29. The zero-order valence-corrected chi connectivity index (χ0v) is 10.6. The highest BCUT2D eigenvalue weighted by Gasteiger charge is 2.04. The summed E-state index contributed by atoms with van der Waals surface area (Å²) < 4.78 is 14.3. The van der Waals surface area contributed by atoms with Crippen LogP contribution in [0.5, 0.6) is 0 Å². The molecule has 0 aliphatic heterocycles. The van der Waals surface area contributed by atoms with Gasteiger partial charge >= 0.3 is 0 Å². The summed E-state index contributed by atoms with van der Waals surface area (Å²) in [5.41, 5.74) is 0.361. The highest BCUT2D eigenvalue weighted by Crippen LogP contribution is 2.23. The minimum atomic E-state index is -0.335. The Hall–Kier alpha value is -1.69. The molecule has 0 saturated carbocycles. The Kier molecular flexibility index (Phi) is 3.53. The lowest BCUT2D eigenvalue weighted by Gasteiger charge is -2.08. The molecule has 88 valence electrons. The molecule has 0 spiro atoms. The third-order valence-corrected chi connectivity index (χ3v) is 2.61. The van der Waals surface area contributed by atoms with E-state index in [-0.39, 0.29) is 5.82 Å². The Morgan fingerprint density at radius 1 is 1.18 bits per heavy atom. The molecule has 4 nitrogen and oxygen atoms in total. The van der Waals surface area contributed by atoms with E-state index >= 15 is 0 Å². The molecule has 0 atom stereocenters. The quantitative estimate of drug-likeness (QED) is 0.913. The Labute approximate surface area is 106 Å². The van der Waals surface area contributed by atoms with Crippen LogP contribution in [0.3, 0.4) is 0 Å². The Morgan fingerprint density at radius 2 is 1.94 bits per heavy atom. The predicted octanol–water partition coefficient (Wildman–Crippen LogP) is 3.16. The van der Waals surface area contributed by atoms with Gasteiger partial charge in [-0.1, -0.05) is 15.9 Å². The van der Waals surface area contributed by atoms with Crippen molar-refractivity contribution < 1.29 is 4.39 Å². The summed E-state index contributed by atoms with van der Waals surface area (Å²) in [7, 11) is 1.76. The normalized spacial score (nSPS) is 10.1. The van der Waals surface area contributed by atoms with Crippen molar-refractivity contribution in [3.63, 3.8) is 0 Å². The van der Waals surface area contributed by atoms with Gasteiger partial charge in [-0.05, 0) is 18.2 Å². The minimum absolute atomic E-state index is 0.335. The molecular weight excluding hydrogens is 287 g/mol. The second-order valence-corrected chi connectivity index (χ2v) is 4.20. The van der Waals surface area contributed by atoms with Gasteiger partial charge in [-0.15, -0.1) is 0 Å². The van der Waals surface area contributed by atoms with Crippen LogP contribution in [0.25, 0.3) is 0 Å². The van der Waals surface area contributed by atoms with Gasteiger partial charge in [-0.2, -0.15) is 0 Å². The maximum atomic E-state index is 13.5. The molecule has 0 bridgehead atoms. The number of rotatable bonds is 3. The highest BCUT2D eigenvalue weighted by molar-refractivity contribution is 9.10. The molecule has 0 aliphatic carbocycles. The number of anilines is 3. The van der Waals surface area contributed by atoms with Crippen molar-refractivity contribution in [3.05, 3.63) is 40.9 Å². The summed E-state index contributed by atoms with van der Waals surface area (Å²) in [6.45, 7) is 0. The summed E-state index contributed by atoms with van der Waals surface area (Å²) in [5.74, 6) is 0.858. The summed E-state index contributed by atoms with van der Waals surface area (Å²) in [5, 5.41) is 5.78. The lowest BCUT2D eigenvalue weighted by Crippen LogP contribution is -1.99. The highest BCUT2D eigenvalue weighted by atomic mass is 79.9. The SMILES string of the molecule is CNc1cc(Nc2cc(Br)ccc2F)ncn1. The first-order valence-corrected chi connectivity index (χ1v) is 5.70. The van der Waals surface area contributed by atoms with E-state index in [1.165, 1.54) is 12.4 Å². The summed E-state index contributed by atoms with van der Waals surface area (Å²) in [6, 6.07) is 6.36. The van der Waals surface area contributed by atoms with E-state index < -0.39 is 0 Å². The molecule has 1 aromatic carbocycles. The van der Waals surface area contributed by atoms with E-state index in [2.05, 4.69) is 36.5 Å². The number of hydrogen-bond acceptors (Lipinski definition) is 4. The molecule has 6 heteroatoms. The van der Waals surface area contributed by atoms with E-state index in [0.717, 1.165) is 4.47 Å². The maximum absolute atomic E-state index is 13.5. The molecule has 0 unspecified atom stereocenters. The van der Waals surface area contributed by atoms with E-state index in [0.29, 0.717) is 17.3 Å². The molecule has 1 heterocycles. The number of nitrogens with one attached hydrogen (secondary N) is 2. The van der Waals surface area contributed by atoms with Crippen LogP contribution >= 0.6 is 15.9 Å². The number of aromatic nitrogens is 2. The average molecular weight is 297 g/mol. The standard InChI is InChI=1S/C11H10BrFN4/c1-14-10-5-11(16-6-15-10)17-9-4-7(12)2-3-8(9)13/h2-6H,1H3,(H2,14,15,16,17). The van der Waals surface area contributed by atoms with E-state index in [4.69, 9.17) is 0 Å². The number of benzene rings is 1. The zero-order chi connectivity index (χ0) is 12.3. The van der Waals surface area contributed by atoms with Gasteiger partial charge < -0.3 is 10.6 Å². The lowest BCUT2D eigenvalue weighted by atomic mass is 10.3. The number of nitrogens with zero attached hydrogens (tertiary/aromatic N) is 2. The first-order chi connectivity index (χ1) is 8.19. The predicted molar refractivity (Wildman–Crippen MR) is 69.0 cm³/mol. The van der Waals surface area contributed by atoms with Crippen molar-refractivity contribution in [3.8, 4) is 0 Å². The summed E-state index contributed by atoms with van der Waals surface area (Å²) in [6.07, 6.45) is 1.41. The van der Waals surface area contributed by atoms with Crippen LogP contribution in [0.15, 0.2) is 35.1 Å². The third-order valence-electron chi connectivity index (χ3n) is 2.11. The maximum Gasteiger partial charge on any atom is 0.146 e. The molecule has 0 fully saturated rings. The third kappa shape index (κ3) is 2.91. The topological polar surface area (TPSA) is 49.8 Å². The van der Waals surface area contributed by atoms with Gasteiger partial charge in [-0.25, -0.2) is 14.4 Å². The fourth-order valence-corrected chi connectivity index (χ4v) is 1.65. The minimum Gasteiger partial charge on any atom is -0.373 e. The average Bonchev–Trinajstić information content (AvgIpc) is 2.34. The Balaban J connectivity index is 2.27. The smallest absolute Gasteiger partial charge is 0.146 e. The molecule has 0 radical (unpaired) electrons. The molecule has 2 N–H and O–H groups in total. The van der Waals surface area contributed by atoms with E-state index in [1.54, 1.807) is 25.2 Å². The van der Waals surface area contributed by atoms with Crippen LogP contribution in [0.2, 0.25) is 0 Å². The van der Waals surface area contributed by atoms with Gasteiger partial charge in [0.05, 0.1) is 5.69 Å². The molecule has 1 aromatic heterocycles. The molecule has 0 aliphatic rings. The Bertz CT molecular complexity index is 533. The second kappa shape index (κ2) is 5.09. The van der Waals surface area contributed by atoms with Gasteiger partial charge in [-0.3, -0.25) is 0 Å². The first-order valence-electron chi connectivity index (χ1n) is 4.91. The van der Waals surface area contributed by atoms with Gasteiger partial charge in [0.2, 0.25) is 0 Å². The fraction of sp³-hybridized carbons (Fsp3) is 0.0909. The van der Waals surface area contributed by atoms with Crippen molar-refractivity contribution in [2.24, 2.45) is 0 Å². The van der Waals surface area contributed by atoms with E-state index in [1.807, 2.05) is 0 Å². The monoisotopic (exact) mass is 296 g/mol. The Morgan fingerprint density at radius 3 is 2.71 bits per heavy atom. The molecule has 2 rings (SSSR count). The van der Waals surface area contributed by atoms with Crippen molar-refractivity contribution in [1.29, 1.82) is 0 Å². The van der Waals surface area contributed by atoms with Gasteiger partial charge in [0, 0.05) is 17.6 Å². The first kappa shape index (κ1) is 11.8. The zero-order valence-electron chi connectivity index (χ0n) is 9.04. The van der Waals surface area contributed by atoms with Crippen LogP contribution in [0, 0.1) is 5.82 Å². The molecule has 17 heavy (non-hydrogen) atoms. The van der Waals surface area contributed by atoms with E-state index in [9.17, 15) is 4.39 Å². The van der Waals surface area contributed by atoms with Crippen LogP contribution in [-0.2, 0) is 0 Å². The van der Waals surface area contributed by atoms with Crippen molar-refractivity contribution in [2.45, 2.75) is 0 Å². The van der Waals surface area contributed by atoms with Crippen molar-refractivity contribution in [2.75, 3.05) is 17.7 Å². The number of halogens is 2. The van der Waals surface area contributed by atoms with Crippen LogP contribution in [0.4, 0.5) is 21.7 Å². The van der Waals surface area contributed by atoms with Crippen molar-refractivity contribution >= 4 is 33.3 Å². The van der Waals surface area contributed by atoms with Crippen LogP contribution in [0.1, 0.15) is 0 Å². The summed E-state index contributed by atoms with van der Waals surface area (Å²) in [4.78, 5) is 7.98. The van der Waals surface area contributed by atoms with Gasteiger partial charge in [0.1, 0.15) is 23.8 Å². The van der Waals surface area contributed by atoms with Gasteiger partial charge in [0.25, 0.3) is 0 Å². The second-order valence-electron chi connectivity index (χ2n) is 3.29. The lowest BCUT2D eigenvalue weighted by molar-refractivity contribution is 0.631. The van der Waals surface area contributed by atoms with Crippen molar-refractivity contribution in [1.82, 2.24) is 9.97 Å². The molecular formula is C11H10BrFN4. The van der Waals surface area contributed by atoms with Crippen LogP contribution in [-0.4, -0.2) is 17.0 Å². The van der Waals surface area contributed by atoms with Crippen LogP contribution < -0.4 is 10.6 Å². The molecule has 0 amide bonds. The van der Waals surface area contributed by atoms with Gasteiger partial charge in [0.15, 0.2) is 0 Å². The fourth-order valence-electron chi connectivity index (χ4n) is 1.29. The molecule has 0 saturated heterocycles.